The van der Waals surface area contributed by atoms with Gasteiger partial charge >= 0.3 is 4.70 Å². The largest absolute Gasteiger partial charge is 0.402 e. The van der Waals surface area contributed by atoms with Gasteiger partial charge in [0.1, 0.15) is 23.9 Å². The first-order valence-corrected chi connectivity index (χ1v) is 12.3. The van der Waals surface area contributed by atoms with Crippen molar-refractivity contribution in [1.82, 2.24) is 19.5 Å². The quantitative estimate of drug-likeness (QED) is 0.294. The van der Waals surface area contributed by atoms with Crippen LogP contribution in [0.4, 0.5) is 5.82 Å². The van der Waals surface area contributed by atoms with Gasteiger partial charge in [-0.2, -0.15) is 0 Å². The van der Waals surface area contributed by atoms with Gasteiger partial charge in [-0.25, -0.2) is 15.0 Å². The number of fused-ring (bicyclic) bond motifs is 1. The van der Waals surface area contributed by atoms with Gasteiger partial charge in [-0.3, -0.25) is 4.57 Å². The van der Waals surface area contributed by atoms with Crippen LogP contribution < -0.4 is 5.23 Å². The molecule has 2 aromatic heterocycles. The third-order valence-corrected chi connectivity index (χ3v) is 5.88. The summed E-state index contributed by atoms with van der Waals surface area (Å²) in [4.78, 5) is 13.2. The van der Waals surface area contributed by atoms with Crippen molar-refractivity contribution < 1.29 is 18.9 Å². The van der Waals surface area contributed by atoms with E-state index in [1.54, 1.807) is 26.9 Å². The molecule has 29 heavy (non-hydrogen) atoms. The van der Waals surface area contributed by atoms with Crippen molar-refractivity contribution in [3.05, 3.63) is 12.7 Å². The predicted octanol–water partition coefficient (Wildman–Crippen LogP) is 4.10. The SMILES string of the molecule is CC.CO.COP(CCC1CCC(n2cnc3c(NB(C)I)ncnc32)O1)OC. The van der Waals surface area contributed by atoms with Gasteiger partial charge in [0, 0.05) is 27.5 Å². The van der Waals surface area contributed by atoms with E-state index in [4.69, 9.17) is 18.9 Å². The van der Waals surface area contributed by atoms with Crippen molar-refractivity contribution in [1.29, 1.82) is 0 Å². The molecule has 0 saturated carbocycles. The van der Waals surface area contributed by atoms with Crippen LogP contribution in [0, 0.1) is 0 Å². The van der Waals surface area contributed by atoms with E-state index < -0.39 is 8.38 Å². The molecule has 1 fully saturated rings. The highest BCUT2D eigenvalue weighted by molar-refractivity contribution is 14.1. The first kappa shape index (κ1) is 26.5. The molecule has 2 unspecified atom stereocenters. The zero-order valence-electron chi connectivity index (χ0n) is 18.0. The van der Waals surface area contributed by atoms with Crippen molar-refractivity contribution >= 4 is 52.4 Å². The van der Waals surface area contributed by atoms with Crippen LogP contribution in [0.2, 0.25) is 6.82 Å². The van der Waals surface area contributed by atoms with Crippen LogP contribution in [0.25, 0.3) is 11.2 Å². The average Bonchev–Trinajstić information content (AvgIpc) is 3.39. The molecule has 3 rings (SSSR count). The standard InChI is InChI=1S/C14H22BIN5O3P.C2H6.CH4O/c1-15(16)20-13-12-14(18-8-17-13)21(9-19-12)11-5-4-10(24-11)6-7-25(22-2)23-3;2*1-2/h8-11H,4-7H2,1-3H3,(H,17,18,20);1-2H3;2H,1H3. The molecular formula is C17H32BIN5O4P. The highest BCUT2D eigenvalue weighted by atomic mass is 127. The monoisotopic (exact) mass is 539 g/mol. The molecule has 1 aliphatic rings. The van der Waals surface area contributed by atoms with E-state index in [9.17, 15) is 0 Å². The fourth-order valence-corrected chi connectivity index (χ4v) is 4.27. The van der Waals surface area contributed by atoms with Crippen molar-refractivity contribution in [3.63, 3.8) is 0 Å². The number of hydrogen-bond donors (Lipinski definition) is 2. The molecule has 0 aliphatic carbocycles. The van der Waals surface area contributed by atoms with E-state index in [-0.39, 0.29) is 17.0 Å². The lowest BCUT2D eigenvalue weighted by atomic mass is 10.0. The Morgan fingerprint density at radius 3 is 2.59 bits per heavy atom. The van der Waals surface area contributed by atoms with E-state index in [1.807, 2.05) is 18.4 Å². The zero-order chi connectivity index (χ0) is 21.8. The third kappa shape index (κ3) is 7.55. The van der Waals surface area contributed by atoms with Gasteiger partial charge in [-0.15, -0.1) is 22.4 Å². The number of aliphatic hydroxyl groups excluding tert-OH is 1. The van der Waals surface area contributed by atoms with Crippen molar-refractivity contribution in [2.24, 2.45) is 0 Å². The lowest BCUT2D eigenvalue weighted by molar-refractivity contribution is 0.00292. The number of aromatic nitrogens is 4. The summed E-state index contributed by atoms with van der Waals surface area (Å²) in [5.41, 5.74) is 1.58. The fourth-order valence-electron chi connectivity index (χ4n) is 2.97. The Kier molecular flexibility index (Phi) is 13.2. The van der Waals surface area contributed by atoms with E-state index in [1.165, 1.54) is 0 Å². The highest BCUT2D eigenvalue weighted by Crippen LogP contribution is 2.40. The van der Waals surface area contributed by atoms with Crippen molar-refractivity contribution in [3.8, 4) is 0 Å². The first-order valence-electron chi connectivity index (χ1n) is 9.66. The van der Waals surface area contributed by atoms with Gasteiger partial charge in [-0.1, -0.05) is 20.7 Å². The van der Waals surface area contributed by atoms with Crippen LogP contribution in [-0.2, 0) is 13.8 Å². The van der Waals surface area contributed by atoms with Gasteiger partial charge in [-0.05, 0) is 19.3 Å². The summed E-state index contributed by atoms with van der Waals surface area (Å²) in [5, 5.41) is 10.3. The number of hydrogen-bond acceptors (Lipinski definition) is 8. The van der Waals surface area contributed by atoms with Gasteiger partial charge in [0.05, 0.1) is 12.4 Å². The van der Waals surface area contributed by atoms with Crippen molar-refractivity contribution in [2.75, 3.05) is 32.7 Å². The maximum Gasteiger partial charge on any atom is 0.323 e. The second-order valence-corrected chi connectivity index (χ2v) is 9.52. The molecule has 9 nitrogen and oxygen atoms in total. The molecule has 0 spiro atoms. The van der Waals surface area contributed by atoms with E-state index in [0.717, 1.165) is 49.5 Å². The second-order valence-electron chi connectivity index (χ2n) is 5.81. The number of ether oxygens (including phenoxy) is 1. The summed E-state index contributed by atoms with van der Waals surface area (Å²) in [5.74, 6) is 0.756. The number of aliphatic hydroxyl groups is 1. The first-order chi connectivity index (χ1) is 14.1. The molecule has 1 saturated heterocycles. The average molecular weight is 539 g/mol. The fraction of sp³-hybridized carbons (Fsp3) is 0.706. The Labute approximate surface area is 188 Å². The van der Waals surface area contributed by atoms with E-state index in [2.05, 4.69) is 49.4 Å². The van der Waals surface area contributed by atoms with Crippen LogP contribution in [0.1, 0.15) is 39.3 Å². The molecule has 0 radical (unpaired) electrons. The Hall–Kier alpha value is -0.585. The Bertz CT molecular complexity index is 708. The molecule has 2 N–H and O–H groups in total. The van der Waals surface area contributed by atoms with Gasteiger partial charge in [0.2, 0.25) is 0 Å². The highest BCUT2D eigenvalue weighted by Gasteiger charge is 2.29. The molecular weight excluding hydrogens is 507 g/mol. The molecule has 1 aliphatic heterocycles. The third-order valence-electron chi connectivity index (χ3n) is 4.13. The molecule has 2 aromatic rings. The summed E-state index contributed by atoms with van der Waals surface area (Å²) in [6.45, 7) is 6.06. The minimum Gasteiger partial charge on any atom is -0.402 e. The molecule has 0 aromatic carbocycles. The summed E-state index contributed by atoms with van der Waals surface area (Å²) in [6.07, 6.45) is 7.33. The number of rotatable bonds is 8. The van der Waals surface area contributed by atoms with Gasteiger partial charge in [0.15, 0.2) is 14.0 Å². The molecule has 0 amide bonds. The molecule has 0 bridgehead atoms. The minimum atomic E-state index is -0.802. The smallest absolute Gasteiger partial charge is 0.323 e. The normalized spacial score (nSPS) is 18.1. The maximum absolute atomic E-state index is 7.00. The number of imidazole rings is 1. The Morgan fingerprint density at radius 1 is 1.28 bits per heavy atom. The summed E-state index contributed by atoms with van der Waals surface area (Å²) >= 11 is 2.30. The topological polar surface area (TPSA) is 104 Å². The zero-order valence-corrected chi connectivity index (χ0v) is 21.1. The Morgan fingerprint density at radius 2 is 1.97 bits per heavy atom. The van der Waals surface area contributed by atoms with Crippen LogP contribution in [-0.4, -0.2) is 62.9 Å². The van der Waals surface area contributed by atoms with Crippen LogP contribution in [0.3, 0.4) is 0 Å². The second kappa shape index (κ2) is 14.4. The number of anilines is 1. The lowest BCUT2D eigenvalue weighted by Gasteiger charge is -2.17. The summed E-state index contributed by atoms with van der Waals surface area (Å²) in [7, 11) is 3.57. The van der Waals surface area contributed by atoms with Crippen LogP contribution >= 0.6 is 30.7 Å². The van der Waals surface area contributed by atoms with E-state index in [0.29, 0.717) is 0 Å². The number of nitrogens with zero attached hydrogens (tertiary/aromatic N) is 4. The van der Waals surface area contributed by atoms with E-state index >= 15 is 0 Å². The molecule has 2 atom stereocenters. The number of halogens is 1. The maximum atomic E-state index is 7.00. The Balaban J connectivity index is 0.000000989. The van der Waals surface area contributed by atoms with Gasteiger partial charge < -0.3 is 24.1 Å². The minimum absolute atomic E-state index is 0.0360. The molecule has 164 valence electrons. The molecule has 3 heterocycles. The number of nitrogens with one attached hydrogen (secondary N) is 1. The summed E-state index contributed by atoms with van der Waals surface area (Å²) in [6, 6.07) is 0. The van der Waals surface area contributed by atoms with Crippen molar-refractivity contribution in [2.45, 2.75) is 52.3 Å². The van der Waals surface area contributed by atoms with Crippen LogP contribution in [0.15, 0.2) is 12.7 Å². The van der Waals surface area contributed by atoms with Crippen LogP contribution in [0.5, 0.6) is 0 Å². The summed E-state index contributed by atoms with van der Waals surface area (Å²) < 4.78 is 19.1. The lowest BCUT2D eigenvalue weighted by Crippen LogP contribution is -2.14. The molecule has 12 heteroatoms. The predicted molar refractivity (Wildman–Crippen MR) is 128 cm³/mol. The van der Waals surface area contributed by atoms with Gasteiger partial charge in [0.25, 0.3) is 0 Å².